The molecule has 1 aliphatic heterocycles. The lowest BCUT2D eigenvalue weighted by Gasteiger charge is -2.34. The molecule has 0 aromatic carbocycles. The van der Waals surface area contributed by atoms with Gasteiger partial charge in [-0.25, -0.2) is 0 Å². The molecule has 6 nitrogen and oxygen atoms in total. The highest BCUT2D eigenvalue weighted by atomic mass is 16.5. The van der Waals surface area contributed by atoms with Crippen molar-refractivity contribution >= 4 is 5.84 Å². The molecule has 17 heavy (non-hydrogen) atoms. The van der Waals surface area contributed by atoms with Crippen LogP contribution in [0.25, 0.3) is 0 Å². The van der Waals surface area contributed by atoms with Crippen molar-refractivity contribution < 1.29 is 9.94 Å². The lowest BCUT2D eigenvalue weighted by molar-refractivity contribution is -0.0386. The molecule has 0 aromatic rings. The van der Waals surface area contributed by atoms with E-state index in [1.165, 1.54) is 0 Å². The van der Waals surface area contributed by atoms with Gasteiger partial charge in [-0.2, -0.15) is 0 Å². The Labute approximate surface area is 103 Å². The van der Waals surface area contributed by atoms with Crippen molar-refractivity contribution in [2.24, 2.45) is 10.9 Å². The number of ether oxygens (including phenoxy) is 1. The second kappa shape index (κ2) is 7.47. The minimum Gasteiger partial charge on any atom is -0.409 e. The highest BCUT2D eigenvalue weighted by Crippen LogP contribution is 2.06. The van der Waals surface area contributed by atoms with Crippen LogP contribution in [-0.2, 0) is 4.74 Å². The van der Waals surface area contributed by atoms with Gasteiger partial charge < -0.3 is 20.6 Å². The molecule has 3 N–H and O–H groups in total. The molecule has 1 atom stereocenters. The summed E-state index contributed by atoms with van der Waals surface area (Å²) in [6.45, 7) is 7.74. The smallest absolute Gasteiger partial charge is 0.140 e. The molecule has 1 fully saturated rings. The standard InChI is InChI=1S/C11H24N4O2/c1-3-15-6-7-17-10(9-15)8-14(2)5-4-11(12)13-16/h10,16H,3-9H2,1-2H3,(H2,12,13). The first-order valence-corrected chi connectivity index (χ1v) is 6.14. The molecule has 1 aliphatic rings. The number of hydrogen-bond donors (Lipinski definition) is 2. The zero-order valence-electron chi connectivity index (χ0n) is 10.8. The molecular formula is C11H24N4O2. The number of likely N-dealkylation sites (N-methyl/N-ethyl adjacent to an activating group) is 2. The van der Waals surface area contributed by atoms with E-state index in [0.717, 1.165) is 39.3 Å². The van der Waals surface area contributed by atoms with Crippen LogP contribution in [0.15, 0.2) is 5.16 Å². The normalized spacial score (nSPS) is 23.2. The van der Waals surface area contributed by atoms with Gasteiger partial charge in [-0.05, 0) is 13.6 Å². The maximum Gasteiger partial charge on any atom is 0.140 e. The highest BCUT2D eigenvalue weighted by molar-refractivity contribution is 5.79. The van der Waals surface area contributed by atoms with Crippen molar-refractivity contribution in [2.45, 2.75) is 19.4 Å². The Bertz CT molecular complexity index is 248. The maximum absolute atomic E-state index is 8.45. The van der Waals surface area contributed by atoms with Crippen LogP contribution in [-0.4, -0.2) is 73.3 Å². The zero-order chi connectivity index (χ0) is 12.7. The molecule has 100 valence electrons. The van der Waals surface area contributed by atoms with Gasteiger partial charge >= 0.3 is 0 Å². The molecule has 1 saturated heterocycles. The number of oxime groups is 1. The van der Waals surface area contributed by atoms with E-state index in [1.807, 2.05) is 7.05 Å². The summed E-state index contributed by atoms with van der Waals surface area (Å²) in [5.41, 5.74) is 5.43. The highest BCUT2D eigenvalue weighted by Gasteiger charge is 2.20. The molecule has 1 unspecified atom stereocenters. The van der Waals surface area contributed by atoms with E-state index < -0.39 is 0 Å². The number of amidine groups is 1. The summed E-state index contributed by atoms with van der Waals surface area (Å²) in [7, 11) is 2.03. The van der Waals surface area contributed by atoms with E-state index >= 15 is 0 Å². The molecule has 0 amide bonds. The van der Waals surface area contributed by atoms with Crippen LogP contribution in [0.3, 0.4) is 0 Å². The molecule has 0 radical (unpaired) electrons. The molecule has 1 rings (SSSR count). The van der Waals surface area contributed by atoms with Gasteiger partial charge in [0, 0.05) is 32.6 Å². The second-order valence-corrected chi connectivity index (χ2v) is 4.49. The average Bonchev–Trinajstić information content (AvgIpc) is 2.36. The van der Waals surface area contributed by atoms with Crippen LogP contribution in [0.1, 0.15) is 13.3 Å². The lowest BCUT2D eigenvalue weighted by atomic mass is 10.2. The van der Waals surface area contributed by atoms with Gasteiger partial charge in [0.25, 0.3) is 0 Å². The summed E-state index contributed by atoms with van der Waals surface area (Å²) in [4.78, 5) is 4.55. The zero-order valence-corrected chi connectivity index (χ0v) is 10.8. The Kier molecular flexibility index (Phi) is 6.25. The third-order valence-electron chi connectivity index (χ3n) is 3.06. The van der Waals surface area contributed by atoms with Crippen LogP contribution in [0.2, 0.25) is 0 Å². The molecule has 0 bridgehead atoms. The largest absolute Gasteiger partial charge is 0.409 e. The van der Waals surface area contributed by atoms with E-state index in [4.69, 9.17) is 15.7 Å². The van der Waals surface area contributed by atoms with Crippen LogP contribution in [0.4, 0.5) is 0 Å². The third kappa shape index (κ3) is 5.34. The second-order valence-electron chi connectivity index (χ2n) is 4.49. The molecule has 0 aliphatic carbocycles. The monoisotopic (exact) mass is 244 g/mol. The average molecular weight is 244 g/mol. The van der Waals surface area contributed by atoms with Gasteiger partial charge in [0.15, 0.2) is 0 Å². The summed E-state index contributed by atoms with van der Waals surface area (Å²) in [5, 5.41) is 11.4. The van der Waals surface area contributed by atoms with Crippen LogP contribution in [0.5, 0.6) is 0 Å². The first-order valence-electron chi connectivity index (χ1n) is 6.14. The molecular weight excluding hydrogens is 220 g/mol. The van der Waals surface area contributed by atoms with Gasteiger partial charge in [-0.3, -0.25) is 4.90 Å². The van der Waals surface area contributed by atoms with Crippen molar-refractivity contribution in [1.82, 2.24) is 9.80 Å². The predicted molar refractivity (Wildman–Crippen MR) is 67.4 cm³/mol. The van der Waals surface area contributed by atoms with E-state index in [9.17, 15) is 0 Å². The Hall–Kier alpha value is -0.850. The fraction of sp³-hybridized carbons (Fsp3) is 0.909. The van der Waals surface area contributed by atoms with Crippen molar-refractivity contribution in [3.8, 4) is 0 Å². The summed E-state index contributed by atoms with van der Waals surface area (Å²) < 4.78 is 5.72. The predicted octanol–water partition coefficient (Wildman–Crippen LogP) is -0.225. The van der Waals surface area contributed by atoms with Crippen molar-refractivity contribution in [1.29, 1.82) is 0 Å². The molecule has 0 spiro atoms. The third-order valence-corrected chi connectivity index (χ3v) is 3.06. The van der Waals surface area contributed by atoms with Crippen molar-refractivity contribution in [2.75, 3.05) is 46.4 Å². The van der Waals surface area contributed by atoms with Gasteiger partial charge in [0.2, 0.25) is 0 Å². The maximum atomic E-state index is 8.45. The number of nitrogens with zero attached hydrogens (tertiary/aromatic N) is 3. The summed E-state index contributed by atoms with van der Waals surface area (Å²) in [5.74, 6) is 0.275. The Balaban J connectivity index is 2.23. The van der Waals surface area contributed by atoms with E-state index in [2.05, 4.69) is 21.9 Å². The van der Waals surface area contributed by atoms with E-state index in [0.29, 0.717) is 6.42 Å². The van der Waals surface area contributed by atoms with Crippen molar-refractivity contribution in [3.63, 3.8) is 0 Å². The fourth-order valence-corrected chi connectivity index (χ4v) is 1.97. The van der Waals surface area contributed by atoms with Gasteiger partial charge in [0.05, 0.1) is 12.7 Å². The Morgan fingerprint density at radius 1 is 1.65 bits per heavy atom. The first-order chi connectivity index (χ1) is 8.15. The Morgan fingerprint density at radius 3 is 3.06 bits per heavy atom. The van der Waals surface area contributed by atoms with Crippen LogP contribution in [0, 0.1) is 0 Å². The van der Waals surface area contributed by atoms with Crippen LogP contribution < -0.4 is 5.73 Å². The molecule has 6 heteroatoms. The fourth-order valence-electron chi connectivity index (χ4n) is 1.97. The molecule has 1 heterocycles. The van der Waals surface area contributed by atoms with Gasteiger partial charge in [-0.15, -0.1) is 0 Å². The SMILES string of the molecule is CCN1CCOC(CN(C)CCC(N)=NO)C1. The summed E-state index contributed by atoms with van der Waals surface area (Å²) >= 11 is 0. The minimum absolute atomic E-state index is 0.265. The van der Waals surface area contributed by atoms with Gasteiger partial charge in [-0.1, -0.05) is 12.1 Å². The van der Waals surface area contributed by atoms with Crippen LogP contribution >= 0.6 is 0 Å². The first kappa shape index (κ1) is 14.2. The summed E-state index contributed by atoms with van der Waals surface area (Å²) in [6, 6.07) is 0. The molecule has 0 aromatic heterocycles. The Morgan fingerprint density at radius 2 is 2.41 bits per heavy atom. The lowest BCUT2D eigenvalue weighted by Crippen LogP contribution is -2.47. The quantitative estimate of drug-likeness (QED) is 0.292. The minimum atomic E-state index is 0.265. The summed E-state index contributed by atoms with van der Waals surface area (Å²) in [6.07, 6.45) is 0.845. The van der Waals surface area contributed by atoms with Crippen molar-refractivity contribution in [3.05, 3.63) is 0 Å². The van der Waals surface area contributed by atoms with Gasteiger partial charge in [0.1, 0.15) is 5.84 Å². The number of morpholine rings is 1. The number of nitrogens with two attached hydrogens (primary N) is 1. The van der Waals surface area contributed by atoms with E-state index in [-0.39, 0.29) is 11.9 Å². The molecule has 0 saturated carbocycles. The van der Waals surface area contributed by atoms with E-state index in [1.54, 1.807) is 0 Å². The number of rotatable bonds is 6. The topological polar surface area (TPSA) is 74.3 Å². The number of hydrogen-bond acceptors (Lipinski definition) is 5.